The first-order valence-electron chi connectivity index (χ1n) is 4.88. The van der Waals surface area contributed by atoms with Gasteiger partial charge in [0.05, 0.1) is 0 Å². The molecular weight excluding hydrogens is 196 g/mol. The van der Waals surface area contributed by atoms with Crippen molar-refractivity contribution in [1.82, 2.24) is 0 Å². The minimum Gasteiger partial charge on any atom is -0.294 e. The monoisotopic (exact) mass is 210 g/mol. The van der Waals surface area contributed by atoms with E-state index in [4.69, 9.17) is 11.6 Å². The molecule has 1 aromatic rings. The van der Waals surface area contributed by atoms with Gasteiger partial charge in [-0.1, -0.05) is 25.1 Å². The Morgan fingerprint density at radius 3 is 2.71 bits per heavy atom. The highest BCUT2D eigenvalue weighted by Crippen LogP contribution is 2.17. The van der Waals surface area contributed by atoms with Crippen LogP contribution in [0.25, 0.3) is 0 Å². The molecule has 0 aliphatic rings. The van der Waals surface area contributed by atoms with Crippen molar-refractivity contribution < 1.29 is 4.79 Å². The van der Waals surface area contributed by atoms with E-state index in [-0.39, 0.29) is 5.78 Å². The normalized spacial score (nSPS) is 10.2. The van der Waals surface area contributed by atoms with Crippen molar-refractivity contribution in [2.24, 2.45) is 0 Å². The molecule has 76 valence electrons. The summed E-state index contributed by atoms with van der Waals surface area (Å²) in [5, 5.41) is 0. The predicted molar refractivity (Wildman–Crippen MR) is 60.2 cm³/mol. The summed E-state index contributed by atoms with van der Waals surface area (Å²) in [5.41, 5.74) is 3.05. The third kappa shape index (κ3) is 2.36. The van der Waals surface area contributed by atoms with Crippen LogP contribution in [0.3, 0.4) is 0 Å². The average Bonchev–Trinajstić information content (AvgIpc) is 2.17. The van der Waals surface area contributed by atoms with E-state index in [1.807, 2.05) is 25.1 Å². The maximum absolute atomic E-state index is 11.8. The van der Waals surface area contributed by atoms with E-state index in [2.05, 4.69) is 6.92 Å². The van der Waals surface area contributed by atoms with E-state index in [1.165, 1.54) is 0 Å². The maximum Gasteiger partial charge on any atom is 0.164 e. The van der Waals surface area contributed by atoms with Gasteiger partial charge >= 0.3 is 0 Å². The number of carbonyl (C=O) groups is 1. The van der Waals surface area contributed by atoms with E-state index in [0.717, 1.165) is 23.1 Å². The van der Waals surface area contributed by atoms with Crippen LogP contribution in [0.5, 0.6) is 0 Å². The number of Topliss-reactive ketones (excluding diaryl/α,β-unsaturated/α-hetero) is 1. The Balaban J connectivity index is 3.10. The fourth-order valence-corrected chi connectivity index (χ4v) is 1.80. The molecular formula is C12H15ClO. The quantitative estimate of drug-likeness (QED) is 0.550. The first-order chi connectivity index (χ1) is 6.70. The predicted octanol–water partition coefficient (Wildman–Crippen LogP) is 3.37. The van der Waals surface area contributed by atoms with Crippen molar-refractivity contribution in [1.29, 1.82) is 0 Å². The van der Waals surface area contributed by atoms with Crippen LogP contribution >= 0.6 is 11.6 Å². The van der Waals surface area contributed by atoms with Gasteiger partial charge in [-0.05, 0) is 24.5 Å². The first kappa shape index (κ1) is 11.3. The molecule has 0 spiro atoms. The highest BCUT2D eigenvalue weighted by molar-refractivity contribution is 6.19. The van der Waals surface area contributed by atoms with Crippen LogP contribution in [-0.2, 0) is 6.42 Å². The Morgan fingerprint density at radius 1 is 1.43 bits per heavy atom. The van der Waals surface area contributed by atoms with Crippen molar-refractivity contribution in [3.63, 3.8) is 0 Å². The van der Waals surface area contributed by atoms with Gasteiger partial charge in [0.25, 0.3) is 0 Å². The van der Waals surface area contributed by atoms with Gasteiger partial charge in [-0.25, -0.2) is 0 Å². The van der Waals surface area contributed by atoms with Crippen molar-refractivity contribution in [2.75, 3.05) is 5.88 Å². The first-order valence-corrected chi connectivity index (χ1v) is 5.41. The summed E-state index contributed by atoms with van der Waals surface area (Å²) in [6.45, 7) is 4.03. The minimum absolute atomic E-state index is 0.162. The SMILES string of the molecule is CCc1cccc(C)c1C(=O)CCCl. The zero-order valence-corrected chi connectivity index (χ0v) is 9.40. The van der Waals surface area contributed by atoms with E-state index in [9.17, 15) is 4.79 Å². The second-order valence-corrected chi connectivity index (χ2v) is 3.70. The molecule has 0 aliphatic carbocycles. The molecule has 1 aromatic carbocycles. The topological polar surface area (TPSA) is 17.1 Å². The maximum atomic E-state index is 11.8. The van der Waals surface area contributed by atoms with Gasteiger partial charge in [0.15, 0.2) is 5.78 Å². The second kappa shape index (κ2) is 5.16. The van der Waals surface area contributed by atoms with Gasteiger partial charge < -0.3 is 0 Å². The van der Waals surface area contributed by atoms with Crippen LogP contribution in [0, 0.1) is 6.92 Å². The lowest BCUT2D eigenvalue weighted by molar-refractivity contribution is 0.0988. The van der Waals surface area contributed by atoms with Crippen LogP contribution in [-0.4, -0.2) is 11.7 Å². The van der Waals surface area contributed by atoms with Gasteiger partial charge in [0.2, 0.25) is 0 Å². The Morgan fingerprint density at radius 2 is 2.14 bits per heavy atom. The van der Waals surface area contributed by atoms with E-state index < -0.39 is 0 Å². The highest BCUT2D eigenvalue weighted by atomic mass is 35.5. The van der Waals surface area contributed by atoms with E-state index in [1.54, 1.807) is 0 Å². The molecule has 0 saturated carbocycles. The van der Waals surface area contributed by atoms with E-state index >= 15 is 0 Å². The van der Waals surface area contributed by atoms with Crippen LogP contribution in [0.1, 0.15) is 34.8 Å². The number of rotatable bonds is 4. The standard InChI is InChI=1S/C12H15ClO/c1-3-10-6-4-5-9(2)12(10)11(14)7-8-13/h4-6H,3,7-8H2,1-2H3. The largest absolute Gasteiger partial charge is 0.294 e. The van der Waals surface area contributed by atoms with Crippen LogP contribution in [0.4, 0.5) is 0 Å². The summed E-state index contributed by atoms with van der Waals surface area (Å²) in [6, 6.07) is 5.97. The molecule has 1 nitrogen and oxygen atoms in total. The summed E-state index contributed by atoms with van der Waals surface area (Å²) >= 11 is 5.57. The summed E-state index contributed by atoms with van der Waals surface area (Å²) in [5.74, 6) is 0.561. The Bertz CT molecular complexity index is 331. The molecule has 0 amide bonds. The molecule has 0 aliphatic heterocycles. The van der Waals surface area contributed by atoms with Gasteiger partial charge in [-0.2, -0.15) is 0 Å². The molecule has 0 N–H and O–H groups in total. The van der Waals surface area contributed by atoms with Crippen LogP contribution < -0.4 is 0 Å². The van der Waals surface area contributed by atoms with Crippen LogP contribution in [0.15, 0.2) is 18.2 Å². The molecule has 1 rings (SSSR count). The van der Waals surface area contributed by atoms with Gasteiger partial charge in [-0.15, -0.1) is 11.6 Å². The number of halogens is 1. The number of ketones is 1. The molecule has 0 atom stereocenters. The van der Waals surface area contributed by atoms with E-state index in [0.29, 0.717) is 12.3 Å². The smallest absolute Gasteiger partial charge is 0.164 e. The molecule has 0 radical (unpaired) electrons. The average molecular weight is 211 g/mol. The highest BCUT2D eigenvalue weighted by Gasteiger charge is 2.11. The molecule has 0 fully saturated rings. The molecule has 14 heavy (non-hydrogen) atoms. The van der Waals surface area contributed by atoms with Crippen molar-refractivity contribution in [3.8, 4) is 0 Å². The van der Waals surface area contributed by atoms with Crippen molar-refractivity contribution in [3.05, 3.63) is 34.9 Å². The Hall–Kier alpha value is -0.820. The lowest BCUT2D eigenvalue weighted by Crippen LogP contribution is -2.06. The summed E-state index contributed by atoms with van der Waals surface area (Å²) in [7, 11) is 0. The molecule has 2 heteroatoms. The third-order valence-electron chi connectivity index (χ3n) is 2.34. The lowest BCUT2D eigenvalue weighted by Gasteiger charge is -2.09. The van der Waals surface area contributed by atoms with Gasteiger partial charge in [0.1, 0.15) is 0 Å². The number of carbonyl (C=O) groups excluding carboxylic acids is 1. The Kier molecular flexibility index (Phi) is 4.15. The third-order valence-corrected chi connectivity index (χ3v) is 2.53. The lowest BCUT2D eigenvalue weighted by atomic mass is 9.95. The van der Waals surface area contributed by atoms with Crippen molar-refractivity contribution in [2.45, 2.75) is 26.7 Å². The molecule has 0 saturated heterocycles. The molecule has 0 heterocycles. The fraction of sp³-hybridized carbons (Fsp3) is 0.417. The minimum atomic E-state index is 0.162. The second-order valence-electron chi connectivity index (χ2n) is 3.32. The summed E-state index contributed by atoms with van der Waals surface area (Å²) < 4.78 is 0. The molecule has 0 unspecified atom stereocenters. The summed E-state index contributed by atoms with van der Waals surface area (Å²) in [4.78, 5) is 11.8. The fourth-order valence-electron chi connectivity index (χ4n) is 1.63. The Labute approximate surface area is 90.1 Å². The van der Waals surface area contributed by atoms with Gasteiger partial charge in [0, 0.05) is 17.9 Å². The number of alkyl halides is 1. The zero-order valence-electron chi connectivity index (χ0n) is 8.64. The molecule has 0 aromatic heterocycles. The van der Waals surface area contributed by atoms with Gasteiger partial charge in [-0.3, -0.25) is 4.79 Å². The molecule has 0 bridgehead atoms. The number of benzene rings is 1. The summed E-state index contributed by atoms with van der Waals surface area (Å²) in [6.07, 6.45) is 1.32. The van der Waals surface area contributed by atoms with Crippen molar-refractivity contribution >= 4 is 17.4 Å². The number of hydrogen-bond acceptors (Lipinski definition) is 1. The zero-order chi connectivity index (χ0) is 10.6. The number of hydrogen-bond donors (Lipinski definition) is 0. The van der Waals surface area contributed by atoms with Crippen LogP contribution in [0.2, 0.25) is 0 Å². The number of aryl methyl sites for hydroxylation is 2.